The molecule has 230 valence electrons. The van der Waals surface area contributed by atoms with E-state index in [1.54, 1.807) is 26.2 Å². The first-order valence-electron chi connectivity index (χ1n) is 13.2. The standard InChI is InChI=1S/C29H33BrClFN4O4S2Si/c1-17-13-20(33-15-19-9-8-10-23(39-5)25(19)40-43(6,7)29(2,3)4)16-34-27(17)42(37,38)36-28-35-24(26(30)41-28)18-11-12-21(31)22(32)14-18/h8-14,16,33H,15H2,1-7H3,(H,35,36). The van der Waals surface area contributed by atoms with Gasteiger partial charge < -0.3 is 14.5 Å². The van der Waals surface area contributed by atoms with Crippen LogP contribution in [-0.4, -0.2) is 33.8 Å². The fourth-order valence-corrected chi connectivity index (χ4v) is 7.91. The average molecular weight is 728 g/mol. The van der Waals surface area contributed by atoms with Gasteiger partial charge in [0, 0.05) is 17.7 Å². The Bertz CT molecular complexity index is 1760. The van der Waals surface area contributed by atoms with Crippen molar-refractivity contribution in [2.24, 2.45) is 0 Å². The van der Waals surface area contributed by atoms with E-state index in [4.69, 9.17) is 20.8 Å². The van der Waals surface area contributed by atoms with E-state index in [1.165, 1.54) is 18.3 Å². The fraction of sp³-hybridized carbons (Fsp3) is 0.310. The lowest BCUT2D eigenvalue weighted by atomic mass is 10.2. The molecular weight excluding hydrogens is 695 g/mol. The van der Waals surface area contributed by atoms with E-state index in [2.05, 4.69) is 69.8 Å². The molecule has 0 fully saturated rings. The van der Waals surface area contributed by atoms with Gasteiger partial charge in [-0.1, -0.05) is 61.9 Å². The first kappa shape index (κ1) is 33.2. The predicted octanol–water partition coefficient (Wildman–Crippen LogP) is 8.87. The summed E-state index contributed by atoms with van der Waals surface area (Å²) in [5.74, 6) is 0.761. The lowest BCUT2D eigenvalue weighted by Gasteiger charge is -2.37. The highest BCUT2D eigenvalue weighted by Crippen LogP contribution is 2.42. The van der Waals surface area contributed by atoms with E-state index in [-0.39, 0.29) is 20.2 Å². The number of thiazole rings is 1. The normalized spacial score (nSPS) is 12.2. The molecule has 4 rings (SSSR count). The van der Waals surface area contributed by atoms with E-state index in [0.29, 0.717) is 44.3 Å². The molecule has 2 heterocycles. The van der Waals surface area contributed by atoms with Gasteiger partial charge in [0.1, 0.15) is 5.82 Å². The van der Waals surface area contributed by atoms with Crippen LogP contribution in [0.4, 0.5) is 15.2 Å². The monoisotopic (exact) mass is 726 g/mol. The van der Waals surface area contributed by atoms with Gasteiger partial charge in [-0.05, 0) is 70.8 Å². The maximum Gasteiger partial charge on any atom is 0.281 e. The highest BCUT2D eigenvalue weighted by molar-refractivity contribution is 9.11. The Hall–Kier alpha value is -2.71. The summed E-state index contributed by atoms with van der Waals surface area (Å²) in [6.07, 6.45) is 1.47. The number of aryl methyl sites for hydroxylation is 1. The summed E-state index contributed by atoms with van der Waals surface area (Å²) in [4.78, 5) is 8.60. The molecule has 0 aliphatic rings. The van der Waals surface area contributed by atoms with Crippen molar-refractivity contribution in [1.29, 1.82) is 0 Å². The number of rotatable bonds is 10. The quantitative estimate of drug-likeness (QED) is 0.157. The van der Waals surface area contributed by atoms with Crippen LogP contribution in [0.3, 0.4) is 0 Å². The number of halogens is 3. The van der Waals surface area contributed by atoms with Gasteiger partial charge in [0.25, 0.3) is 18.3 Å². The second kappa shape index (κ2) is 12.7. The zero-order chi connectivity index (χ0) is 31.7. The van der Waals surface area contributed by atoms with Gasteiger partial charge in [-0.15, -0.1) is 0 Å². The molecule has 14 heteroatoms. The Labute approximate surface area is 270 Å². The molecule has 0 spiro atoms. The molecule has 0 bridgehead atoms. The van der Waals surface area contributed by atoms with Crippen molar-refractivity contribution in [3.63, 3.8) is 0 Å². The summed E-state index contributed by atoms with van der Waals surface area (Å²) in [5, 5.41) is 3.29. The molecule has 0 amide bonds. The van der Waals surface area contributed by atoms with E-state index in [9.17, 15) is 12.8 Å². The fourth-order valence-electron chi connectivity index (χ4n) is 3.85. The maximum absolute atomic E-state index is 14.0. The molecular formula is C29H33BrClFN4O4S2Si. The number of para-hydroxylation sites is 1. The van der Waals surface area contributed by atoms with Gasteiger partial charge in [-0.25, -0.2) is 14.4 Å². The van der Waals surface area contributed by atoms with Crippen LogP contribution >= 0.6 is 38.9 Å². The third-order valence-electron chi connectivity index (χ3n) is 7.21. The number of nitrogens with one attached hydrogen (secondary N) is 2. The number of aromatic nitrogens is 2. The topological polar surface area (TPSA) is 102 Å². The first-order valence-corrected chi connectivity index (χ1v) is 19.6. The highest BCUT2D eigenvalue weighted by Gasteiger charge is 2.40. The lowest BCUT2D eigenvalue weighted by molar-refractivity contribution is 0.384. The lowest BCUT2D eigenvalue weighted by Crippen LogP contribution is -2.44. The summed E-state index contributed by atoms with van der Waals surface area (Å²) >= 11 is 10.2. The summed E-state index contributed by atoms with van der Waals surface area (Å²) < 4.78 is 55.8. The van der Waals surface area contributed by atoms with Gasteiger partial charge in [0.05, 0.1) is 33.5 Å². The number of anilines is 2. The van der Waals surface area contributed by atoms with Crippen molar-refractivity contribution in [3.8, 4) is 22.8 Å². The largest absolute Gasteiger partial charge is 0.541 e. The minimum absolute atomic E-state index is 0.00100. The van der Waals surface area contributed by atoms with Crippen LogP contribution in [-0.2, 0) is 16.6 Å². The van der Waals surface area contributed by atoms with Crippen molar-refractivity contribution in [2.75, 3.05) is 17.1 Å². The Morgan fingerprint density at radius 2 is 1.88 bits per heavy atom. The summed E-state index contributed by atoms with van der Waals surface area (Å²) in [6, 6.07) is 11.7. The third-order valence-corrected chi connectivity index (χ3v) is 15.0. The SMILES string of the molecule is COc1cccc(CNc2cnc(S(=O)(=O)Nc3nc(-c4ccc(Cl)c(F)c4)c(Br)s3)c(C)c2)c1O[Si](C)(C)C(C)(C)C. The number of methoxy groups -OCH3 is 1. The number of nitrogens with zero attached hydrogens (tertiary/aromatic N) is 2. The van der Waals surface area contributed by atoms with Crippen molar-refractivity contribution in [2.45, 2.75) is 57.4 Å². The van der Waals surface area contributed by atoms with Crippen LogP contribution in [0.15, 0.2) is 57.5 Å². The van der Waals surface area contributed by atoms with Gasteiger partial charge in [0.2, 0.25) is 0 Å². The van der Waals surface area contributed by atoms with Gasteiger partial charge in [0.15, 0.2) is 21.7 Å². The molecule has 0 saturated heterocycles. The van der Waals surface area contributed by atoms with Crippen LogP contribution in [0.2, 0.25) is 23.2 Å². The zero-order valence-electron chi connectivity index (χ0n) is 24.8. The third kappa shape index (κ3) is 7.51. The zero-order valence-corrected chi connectivity index (χ0v) is 29.8. The van der Waals surface area contributed by atoms with Crippen molar-refractivity contribution < 1.29 is 22.0 Å². The average Bonchev–Trinajstić information content (AvgIpc) is 3.27. The number of hydrogen-bond donors (Lipinski definition) is 2. The Morgan fingerprint density at radius 1 is 1.16 bits per heavy atom. The number of benzene rings is 2. The predicted molar refractivity (Wildman–Crippen MR) is 178 cm³/mol. The molecule has 0 unspecified atom stereocenters. The first-order chi connectivity index (χ1) is 20.0. The second-order valence-electron chi connectivity index (χ2n) is 11.4. The molecule has 2 aromatic heterocycles. The molecule has 0 aliphatic carbocycles. The van der Waals surface area contributed by atoms with Gasteiger partial charge >= 0.3 is 0 Å². The molecule has 2 aromatic carbocycles. The number of sulfonamides is 1. The number of pyridine rings is 1. The molecule has 0 atom stereocenters. The van der Waals surface area contributed by atoms with E-state index >= 15 is 0 Å². The van der Waals surface area contributed by atoms with Crippen LogP contribution in [0, 0.1) is 12.7 Å². The second-order valence-corrected chi connectivity index (χ2v) is 20.4. The Kier molecular flexibility index (Phi) is 9.82. The highest BCUT2D eigenvalue weighted by atomic mass is 79.9. The molecule has 8 nitrogen and oxygen atoms in total. The number of ether oxygens (including phenoxy) is 1. The van der Waals surface area contributed by atoms with Crippen LogP contribution < -0.4 is 19.2 Å². The summed E-state index contributed by atoms with van der Waals surface area (Å²) in [6.45, 7) is 13.0. The molecule has 0 aliphatic heterocycles. The van der Waals surface area contributed by atoms with E-state index < -0.39 is 24.2 Å². The van der Waals surface area contributed by atoms with Crippen LogP contribution in [0.5, 0.6) is 11.5 Å². The number of hydrogen-bond acceptors (Lipinski definition) is 8. The molecule has 2 N–H and O–H groups in total. The Morgan fingerprint density at radius 3 is 2.51 bits per heavy atom. The van der Waals surface area contributed by atoms with Crippen molar-refractivity contribution in [3.05, 3.63) is 74.4 Å². The van der Waals surface area contributed by atoms with E-state index in [0.717, 1.165) is 16.9 Å². The Balaban J connectivity index is 1.52. The van der Waals surface area contributed by atoms with Gasteiger partial charge in [-0.2, -0.15) is 8.42 Å². The van der Waals surface area contributed by atoms with Gasteiger partial charge in [-0.3, -0.25) is 4.72 Å². The molecule has 0 radical (unpaired) electrons. The van der Waals surface area contributed by atoms with Crippen LogP contribution in [0.1, 0.15) is 31.9 Å². The smallest absolute Gasteiger partial charge is 0.281 e. The van der Waals surface area contributed by atoms with E-state index in [1.807, 2.05) is 18.2 Å². The summed E-state index contributed by atoms with van der Waals surface area (Å²) in [5.41, 5.74) is 2.83. The molecule has 43 heavy (non-hydrogen) atoms. The van der Waals surface area contributed by atoms with Crippen molar-refractivity contribution in [1.82, 2.24) is 9.97 Å². The minimum atomic E-state index is -4.07. The molecule has 0 saturated carbocycles. The summed E-state index contributed by atoms with van der Waals surface area (Å²) in [7, 11) is -4.60. The minimum Gasteiger partial charge on any atom is -0.541 e. The van der Waals surface area contributed by atoms with Crippen LogP contribution in [0.25, 0.3) is 11.3 Å². The molecule has 4 aromatic rings. The maximum atomic E-state index is 14.0. The van der Waals surface area contributed by atoms with Crippen molar-refractivity contribution >= 4 is 68.0 Å².